The van der Waals surface area contributed by atoms with Crippen LogP contribution in [0.25, 0.3) is 0 Å². The molecule has 0 bridgehead atoms. The minimum atomic E-state index is 0.0203. The van der Waals surface area contributed by atoms with Crippen molar-refractivity contribution in [2.75, 3.05) is 0 Å². The summed E-state index contributed by atoms with van der Waals surface area (Å²) < 4.78 is 0. The van der Waals surface area contributed by atoms with Gasteiger partial charge in [-0.05, 0) is 74.9 Å². The van der Waals surface area contributed by atoms with Gasteiger partial charge in [-0.2, -0.15) is 0 Å². The lowest BCUT2D eigenvalue weighted by Gasteiger charge is -2.19. The molecule has 2 aromatic carbocycles. The zero-order valence-corrected chi connectivity index (χ0v) is 15.1. The van der Waals surface area contributed by atoms with E-state index >= 15 is 0 Å². The molecule has 0 radical (unpaired) electrons. The molecule has 2 nitrogen and oxygen atoms in total. The first-order chi connectivity index (χ1) is 10.8. The molecule has 122 valence electrons. The zero-order valence-electron chi connectivity index (χ0n) is 15.1. The van der Waals surface area contributed by atoms with Gasteiger partial charge in [0.05, 0.1) is 12.5 Å². The zero-order chi connectivity index (χ0) is 17.1. The Balaban J connectivity index is 2.11. The Bertz CT molecular complexity index is 731. The summed E-state index contributed by atoms with van der Waals surface area (Å²) in [4.78, 5) is 12.4. The van der Waals surface area contributed by atoms with Gasteiger partial charge in [-0.15, -0.1) is 0 Å². The largest absolute Gasteiger partial charge is 0.349 e. The third-order valence-corrected chi connectivity index (χ3v) is 4.58. The van der Waals surface area contributed by atoms with E-state index in [2.05, 4.69) is 77.2 Å². The fourth-order valence-corrected chi connectivity index (χ4v) is 2.98. The molecule has 0 aliphatic carbocycles. The standard InChI is InChI=1S/C21H27NO/c1-13-7-8-14(2)19(9-13)12-21(23)22-18(6)20-11-16(4)15(3)10-17(20)5/h7-11,18H,12H2,1-6H3,(H,22,23)/t18-/m1/s1. The molecule has 0 fully saturated rings. The van der Waals surface area contributed by atoms with Gasteiger partial charge in [-0.3, -0.25) is 4.79 Å². The highest BCUT2D eigenvalue weighted by atomic mass is 16.1. The Hall–Kier alpha value is -2.09. The summed E-state index contributed by atoms with van der Waals surface area (Å²) in [6.45, 7) is 12.5. The minimum Gasteiger partial charge on any atom is -0.349 e. The van der Waals surface area contributed by atoms with Crippen LogP contribution in [0.4, 0.5) is 0 Å². The number of hydrogen-bond donors (Lipinski definition) is 1. The second-order valence-electron chi connectivity index (χ2n) is 6.69. The van der Waals surface area contributed by atoms with Crippen LogP contribution in [0.1, 0.15) is 51.9 Å². The van der Waals surface area contributed by atoms with E-state index < -0.39 is 0 Å². The van der Waals surface area contributed by atoms with Crippen molar-refractivity contribution in [3.63, 3.8) is 0 Å². The van der Waals surface area contributed by atoms with E-state index in [0.29, 0.717) is 6.42 Å². The molecular formula is C21H27NO. The molecule has 1 amide bonds. The highest BCUT2D eigenvalue weighted by molar-refractivity contribution is 5.79. The van der Waals surface area contributed by atoms with E-state index in [9.17, 15) is 4.79 Å². The molecule has 0 saturated heterocycles. The van der Waals surface area contributed by atoms with E-state index in [4.69, 9.17) is 0 Å². The molecule has 0 aromatic heterocycles. The fraction of sp³-hybridized carbons (Fsp3) is 0.381. The van der Waals surface area contributed by atoms with Gasteiger partial charge < -0.3 is 5.32 Å². The molecule has 0 heterocycles. The quantitative estimate of drug-likeness (QED) is 0.875. The summed E-state index contributed by atoms with van der Waals surface area (Å²) in [6.07, 6.45) is 0.432. The first kappa shape index (κ1) is 17.3. The lowest BCUT2D eigenvalue weighted by atomic mass is 9.96. The molecule has 23 heavy (non-hydrogen) atoms. The Labute approximate surface area is 139 Å². The Morgan fingerprint density at radius 2 is 1.57 bits per heavy atom. The molecule has 0 spiro atoms. The number of aryl methyl sites for hydroxylation is 5. The van der Waals surface area contributed by atoms with E-state index in [1.165, 1.54) is 33.4 Å². The van der Waals surface area contributed by atoms with Gasteiger partial charge in [0.2, 0.25) is 5.91 Å². The molecule has 0 saturated carbocycles. The highest BCUT2D eigenvalue weighted by Crippen LogP contribution is 2.22. The van der Waals surface area contributed by atoms with E-state index in [1.54, 1.807) is 0 Å². The third-order valence-electron chi connectivity index (χ3n) is 4.58. The topological polar surface area (TPSA) is 29.1 Å². The van der Waals surface area contributed by atoms with Crippen molar-refractivity contribution in [2.45, 2.75) is 54.0 Å². The predicted molar refractivity (Wildman–Crippen MR) is 96.8 cm³/mol. The van der Waals surface area contributed by atoms with E-state index in [0.717, 1.165) is 5.56 Å². The van der Waals surface area contributed by atoms with Crippen LogP contribution in [-0.2, 0) is 11.2 Å². The number of carbonyl (C=O) groups is 1. The number of benzene rings is 2. The summed E-state index contributed by atoms with van der Waals surface area (Å²) in [5.41, 5.74) is 8.44. The van der Waals surface area contributed by atoms with Gasteiger partial charge in [0, 0.05) is 0 Å². The van der Waals surface area contributed by atoms with Crippen LogP contribution in [0.15, 0.2) is 30.3 Å². The van der Waals surface area contributed by atoms with Crippen LogP contribution in [0, 0.1) is 34.6 Å². The maximum Gasteiger partial charge on any atom is 0.224 e. The summed E-state index contributed by atoms with van der Waals surface area (Å²) in [5, 5.41) is 3.14. The Kier molecular flexibility index (Phi) is 5.25. The second-order valence-corrected chi connectivity index (χ2v) is 6.69. The van der Waals surface area contributed by atoms with Crippen LogP contribution in [0.2, 0.25) is 0 Å². The van der Waals surface area contributed by atoms with Crippen LogP contribution >= 0.6 is 0 Å². The SMILES string of the molecule is Cc1ccc(C)c(CC(=O)N[C@H](C)c2cc(C)c(C)cc2C)c1. The van der Waals surface area contributed by atoms with Crippen molar-refractivity contribution in [2.24, 2.45) is 0 Å². The summed E-state index contributed by atoms with van der Waals surface area (Å²) in [6, 6.07) is 10.7. The lowest BCUT2D eigenvalue weighted by Crippen LogP contribution is -2.28. The third kappa shape index (κ3) is 4.22. The summed E-state index contributed by atoms with van der Waals surface area (Å²) >= 11 is 0. The fourth-order valence-electron chi connectivity index (χ4n) is 2.98. The highest BCUT2D eigenvalue weighted by Gasteiger charge is 2.14. The van der Waals surface area contributed by atoms with Crippen LogP contribution in [-0.4, -0.2) is 5.91 Å². The normalized spacial score (nSPS) is 12.1. The van der Waals surface area contributed by atoms with Crippen LogP contribution < -0.4 is 5.32 Å². The summed E-state index contributed by atoms with van der Waals surface area (Å²) in [5.74, 6) is 0.0730. The monoisotopic (exact) mass is 309 g/mol. The molecule has 1 N–H and O–H groups in total. The molecular weight excluding hydrogens is 282 g/mol. The van der Waals surface area contributed by atoms with Crippen molar-refractivity contribution in [1.82, 2.24) is 5.32 Å². The van der Waals surface area contributed by atoms with Crippen LogP contribution in [0.5, 0.6) is 0 Å². The van der Waals surface area contributed by atoms with Crippen LogP contribution in [0.3, 0.4) is 0 Å². The number of carbonyl (C=O) groups excluding carboxylic acids is 1. The maximum atomic E-state index is 12.4. The first-order valence-electron chi connectivity index (χ1n) is 8.21. The van der Waals surface area contributed by atoms with Crippen molar-refractivity contribution in [1.29, 1.82) is 0 Å². The smallest absolute Gasteiger partial charge is 0.224 e. The molecule has 0 aliphatic rings. The Morgan fingerprint density at radius 3 is 2.26 bits per heavy atom. The van der Waals surface area contributed by atoms with Crippen molar-refractivity contribution >= 4 is 5.91 Å². The molecule has 2 aromatic rings. The lowest BCUT2D eigenvalue weighted by molar-refractivity contribution is -0.121. The number of amides is 1. The Morgan fingerprint density at radius 1 is 0.913 bits per heavy atom. The minimum absolute atomic E-state index is 0.0203. The number of nitrogens with one attached hydrogen (secondary N) is 1. The average molecular weight is 309 g/mol. The van der Waals surface area contributed by atoms with Gasteiger partial charge in [-0.1, -0.05) is 35.9 Å². The van der Waals surface area contributed by atoms with Crippen molar-refractivity contribution in [3.8, 4) is 0 Å². The van der Waals surface area contributed by atoms with E-state index in [-0.39, 0.29) is 11.9 Å². The molecule has 2 rings (SSSR count). The van der Waals surface area contributed by atoms with E-state index in [1.807, 2.05) is 0 Å². The molecule has 0 unspecified atom stereocenters. The van der Waals surface area contributed by atoms with Crippen molar-refractivity contribution in [3.05, 3.63) is 69.3 Å². The first-order valence-corrected chi connectivity index (χ1v) is 8.21. The van der Waals surface area contributed by atoms with Crippen molar-refractivity contribution < 1.29 is 4.79 Å². The maximum absolute atomic E-state index is 12.4. The average Bonchev–Trinajstić information content (AvgIpc) is 2.46. The van der Waals surface area contributed by atoms with Gasteiger partial charge in [0.15, 0.2) is 0 Å². The van der Waals surface area contributed by atoms with Gasteiger partial charge in [0.25, 0.3) is 0 Å². The molecule has 2 heteroatoms. The van der Waals surface area contributed by atoms with Gasteiger partial charge in [0.1, 0.15) is 0 Å². The predicted octanol–water partition coefficient (Wildman–Crippen LogP) is 4.65. The second kappa shape index (κ2) is 6.99. The molecule has 1 atom stereocenters. The number of hydrogen-bond acceptors (Lipinski definition) is 1. The van der Waals surface area contributed by atoms with Gasteiger partial charge in [-0.25, -0.2) is 0 Å². The molecule has 0 aliphatic heterocycles. The number of rotatable bonds is 4. The summed E-state index contributed by atoms with van der Waals surface area (Å²) in [7, 11) is 0. The van der Waals surface area contributed by atoms with Gasteiger partial charge >= 0.3 is 0 Å².